The molecule has 0 aromatic carbocycles. The molecule has 2 aliphatic rings. The van der Waals surface area contributed by atoms with Crippen molar-refractivity contribution in [2.75, 3.05) is 24.6 Å². The quantitative estimate of drug-likeness (QED) is 0.796. The molecule has 2 heterocycles. The first kappa shape index (κ1) is 13.3. The molecule has 2 rings (SSSR count). The van der Waals surface area contributed by atoms with Crippen LogP contribution < -0.4 is 5.73 Å². The predicted molar refractivity (Wildman–Crippen MR) is 69.7 cm³/mol. The van der Waals surface area contributed by atoms with E-state index in [0.717, 1.165) is 19.4 Å². The van der Waals surface area contributed by atoms with Gasteiger partial charge < -0.3 is 5.73 Å². The summed E-state index contributed by atoms with van der Waals surface area (Å²) in [6.07, 6.45) is 5.30. The van der Waals surface area contributed by atoms with Gasteiger partial charge in [-0.25, -0.2) is 8.42 Å². The first-order valence-electron chi connectivity index (χ1n) is 6.66. The summed E-state index contributed by atoms with van der Waals surface area (Å²) in [6.45, 7) is 3.68. The Morgan fingerprint density at radius 3 is 2.71 bits per heavy atom. The van der Waals surface area contributed by atoms with Crippen LogP contribution in [0.1, 0.15) is 39.0 Å². The molecule has 5 heteroatoms. The summed E-state index contributed by atoms with van der Waals surface area (Å²) in [5.74, 6) is 0.609. The predicted octanol–water partition coefficient (Wildman–Crippen LogP) is 0.767. The lowest BCUT2D eigenvalue weighted by molar-refractivity contribution is 0.0352. The van der Waals surface area contributed by atoms with Crippen molar-refractivity contribution < 1.29 is 8.42 Å². The lowest BCUT2D eigenvalue weighted by Crippen LogP contribution is -2.63. The second-order valence-electron chi connectivity index (χ2n) is 5.66. The van der Waals surface area contributed by atoms with Gasteiger partial charge in [0.2, 0.25) is 0 Å². The third kappa shape index (κ3) is 2.66. The Kier molecular flexibility index (Phi) is 3.80. The van der Waals surface area contributed by atoms with Gasteiger partial charge in [0, 0.05) is 18.1 Å². The maximum Gasteiger partial charge on any atom is 0.152 e. The molecule has 100 valence electrons. The molecule has 0 radical (unpaired) electrons. The summed E-state index contributed by atoms with van der Waals surface area (Å²) in [7, 11) is -2.90. The minimum Gasteiger partial charge on any atom is -0.329 e. The molecule has 2 fully saturated rings. The van der Waals surface area contributed by atoms with Gasteiger partial charge >= 0.3 is 0 Å². The van der Waals surface area contributed by atoms with Crippen molar-refractivity contribution in [1.29, 1.82) is 0 Å². The van der Waals surface area contributed by atoms with E-state index < -0.39 is 9.84 Å². The van der Waals surface area contributed by atoms with Gasteiger partial charge in [-0.15, -0.1) is 0 Å². The highest BCUT2D eigenvalue weighted by Gasteiger charge is 2.44. The van der Waals surface area contributed by atoms with E-state index in [0.29, 0.717) is 18.3 Å². The fourth-order valence-corrected chi connectivity index (χ4v) is 5.46. The molecule has 2 atom stereocenters. The van der Waals surface area contributed by atoms with Gasteiger partial charge in [0.15, 0.2) is 9.84 Å². The van der Waals surface area contributed by atoms with E-state index in [-0.39, 0.29) is 11.3 Å². The van der Waals surface area contributed by atoms with Crippen molar-refractivity contribution in [3.63, 3.8) is 0 Å². The van der Waals surface area contributed by atoms with Gasteiger partial charge in [0.1, 0.15) is 0 Å². The maximum atomic E-state index is 11.9. The zero-order valence-electron chi connectivity index (χ0n) is 10.7. The van der Waals surface area contributed by atoms with E-state index in [1.54, 1.807) is 0 Å². The summed E-state index contributed by atoms with van der Waals surface area (Å²) < 4.78 is 23.8. The molecule has 0 amide bonds. The van der Waals surface area contributed by atoms with E-state index >= 15 is 0 Å². The fourth-order valence-electron chi connectivity index (χ4n) is 3.48. The van der Waals surface area contributed by atoms with Crippen LogP contribution in [0.25, 0.3) is 0 Å². The van der Waals surface area contributed by atoms with Gasteiger partial charge in [0.05, 0.1) is 11.5 Å². The van der Waals surface area contributed by atoms with Gasteiger partial charge in [-0.05, 0) is 39.2 Å². The second kappa shape index (κ2) is 4.86. The average molecular weight is 260 g/mol. The largest absolute Gasteiger partial charge is 0.329 e. The number of sulfone groups is 1. The Bertz CT molecular complexity index is 369. The minimum atomic E-state index is -2.90. The van der Waals surface area contributed by atoms with Crippen LogP contribution in [-0.2, 0) is 9.84 Å². The van der Waals surface area contributed by atoms with Crippen LogP contribution in [0.2, 0.25) is 0 Å². The number of likely N-dealkylation sites (tertiary alicyclic amines) is 1. The Morgan fingerprint density at radius 2 is 2.12 bits per heavy atom. The summed E-state index contributed by atoms with van der Waals surface area (Å²) in [4.78, 5) is 2.38. The SMILES string of the molecule is CC1CCCCN1C1(CN)CCCS(=O)(=O)C1. The van der Waals surface area contributed by atoms with E-state index in [9.17, 15) is 8.42 Å². The third-order valence-electron chi connectivity index (χ3n) is 4.38. The topological polar surface area (TPSA) is 63.4 Å². The van der Waals surface area contributed by atoms with Crippen LogP contribution in [0.15, 0.2) is 0 Å². The van der Waals surface area contributed by atoms with Gasteiger partial charge in [-0.3, -0.25) is 4.90 Å². The van der Waals surface area contributed by atoms with E-state index in [4.69, 9.17) is 5.73 Å². The summed E-state index contributed by atoms with van der Waals surface area (Å²) in [5.41, 5.74) is 5.67. The van der Waals surface area contributed by atoms with Gasteiger partial charge in [-0.1, -0.05) is 6.42 Å². The number of piperidine rings is 1. The molecular weight excluding hydrogens is 236 g/mol. The van der Waals surface area contributed by atoms with Crippen LogP contribution in [0.4, 0.5) is 0 Å². The number of rotatable bonds is 2. The van der Waals surface area contributed by atoms with Crippen molar-refractivity contribution in [2.45, 2.75) is 50.6 Å². The molecule has 2 N–H and O–H groups in total. The molecule has 0 bridgehead atoms. The molecule has 0 aromatic rings. The van der Waals surface area contributed by atoms with E-state index in [1.807, 2.05) is 0 Å². The molecule has 2 aliphatic heterocycles. The normalized spacial score (nSPS) is 39.1. The number of nitrogens with zero attached hydrogens (tertiary/aromatic N) is 1. The average Bonchev–Trinajstić information content (AvgIpc) is 2.28. The minimum absolute atomic E-state index is 0.265. The molecule has 17 heavy (non-hydrogen) atoms. The highest BCUT2D eigenvalue weighted by Crippen LogP contribution is 2.33. The van der Waals surface area contributed by atoms with Gasteiger partial charge in [-0.2, -0.15) is 0 Å². The molecule has 2 unspecified atom stereocenters. The summed E-state index contributed by atoms with van der Waals surface area (Å²) in [6, 6.07) is 0.473. The number of hydrogen-bond acceptors (Lipinski definition) is 4. The highest BCUT2D eigenvalue weighted by atomic mass is 32.2. The first-order valence-corrected chi connectivity index (χ1v) is 8.48. The van der Waals surface area contributed by atoms with Crippen molar-refractivity contribution in [2.24, 2.45) is 5.73 Å². The van der Waals surface area contributed by atoms with Crippen molar-refractivity contribution >= 4 is 9.84 Å². The Labute approximate surface area is 104 Å². The molecule has 0 saturated carbocycles. The van der Waals surface area contributed by atoms with Crippen molar-refractivity contribution in [3.05, 3.63) is 0 Å². The monoisotopic (exact) mass is 260 g/mol. The standard InChI is InChI=1S/C12H24N2O2S/c1-11-5-2-3-7-14(11)12(9-13)6-4-8-17(15,16)10-12/h11H,2-10,13H2,1H3. The summed E-state index contributed by atoms with van der Waals surface area (Å²) >= 11 is 0. The molecule has 0 aliphatic carbocycles. The number of hydrogen-bond donors (Lipinski definition) is 1. The fraction of sp³-hybridized carbons (Fsp3) is 1.00. The first-order chi connectivity index (χ1) is 7.99. The lowest BCUT2D eigenvalue weighted by atomic mass is 9.88. The molecular formula is C12H24N2O2S. The third-order valence-corrected chi connectivity index (χ3v) is 6.27. The van der Waals surface area contributed by atoms with Crippen LogP contribution in [0, 0.1) is 0 Å². The highest BCUT2D eigenvalue weighted by molar-refractivity contribution is 7.91. The molecule has 0 aromatic heterocycles. The molecule has 4 nitrogen and oxygen atoms in total. The summed E-state index contributed by atoms with van der Waals surface area (Å²) in [5, 5.41) is 0. The van der Waals surface area contributed by atoms with E-state index in [2.05, 4.69) is 11.8 Å². The second-order valence-corrected chi connectivity index (χ2v) is 7.85. The Morgan fingerprint density at radius 1 is 1.35 bits per heavy atom. The zero-order chi connectivity index (χ0) is 12.5. The van der Waals surface area contributed by atoms with Crippen LogP contribution >= 0.6 is 0 Å². The van der Waals surface area contributed by atoms with E-state index in [1.165, 1.54) is 19.3 Å². The Balaban J connectivity index is 2.23. The molecule has 0 spiro atoms. The lowest BCUT2D eigenvalue weighted by Gasteiger charge is -2.50. The van der Waals surface area contributed by atoms with Gasteiger partial charge in [0.25, 0.3) is 0 Å². The number of nitrogens with two attached hydrogens (primary N) is 1. The van der Waals surface area contributed by atoms with Crippen LogP contribution in [-0.4, -0.2) is 49.5 Å². The van der Waals surface area contributed by atoms with Crippen LogP contribution in [0.3, 0.4) is 0 Å². The van der Waals surface area contributed by atoms with Crippen LogP contribution in [0.5, 0.6) is 0 Å². The Hall–Kier alpha value is -0.130. The zero-order valence-corrected chi connectivity index (χ0v) is 11.5. The van der Waals surface area contributed by atoms with Crippen molar-refractivity contribution in [1.82, 2.24) is 4.90 Å². The maximum absolute atomic E-state index is 11.9. The van der Waals surface area contributed by atoms with Crippen molar-refractivity contribution in [3.8, 4) is 0 Å². The molecule has 2 saturated heterocycles. The smallest absolute Gasteiger partial charge is 0.152 e.